The van der Waals surface area contributed by atoms with Crippen molar-refractivity contribution in [1.29, 1.82) is 0 Å². The summed E-state index contributed by atoms with van der Waals surface area (Å²) in [6, 6.07) is 0. The first-order chi connectivity index (χ1) is 9.67. The van der Waals surface area contributed by atoms with Crippen molar-refractivity contribution < 1.29 is 13.6 Å². The molecular weight excluding hydrogens is 293 g/mol. The molecule has 20 heavy (non-hydrogen) atoms. The summed E-state index contributed by atoms with van der Waals surface area (Å²) < 4.78 is 23.1. The maximum absolute atomic E-state index is 12.5. The van der Waals surface area contributed by atoms with Gasteiger partial charge in [-0.1, -0.05) is 19.3 Å². The zero-order valence-corrected chi connectivity index (χ0v) is 14.0. The van der Waals surface area contributed by atoms with E-state index in [1.807, 2.05) is 13.8 Å². The van der Waals surface area contributed by atoms with Gasteiger partial charge in [-0.3, -0.25) is 4.57 Å². The van der Waals surface area contributed by atoms with Crippen LogP contribution in [0, 0.1) is 0 Å². The van der Waals surface area contributed by atoms with E-state index in [1.165, 1.54) is 37.8 Å². The van der Waals surface area contributed by atoms with E-state index < -0.39 is 7.60 Å². The molecule has 0 unspecified atom stereocenters. The predicted molar refractivity (Wildman–Crippen MR) is 82.5 cm³/mol. The number of rotatable bonds is 7. The minimum atomic E-state index is -3.02. The van der Waals surface area contributed by atoms with Crippen LogP contribution in [-0.4, -0.2) is 18.2 Å². The third-order valence-electron chi connectivity index (χ3n) is 3.57. The van der Waals surface area contributed by atoms with E-state index >= 15 is 0 Å². The van der Waals surface area contributed by atoms with Crippen LogP contribution in [0.25, 0.3) is 0 Å². The second kappa shape index (κ2) is 7.69. The average Bonchev–Trinajstić information content (AvgIpc) is 2.88. The van der Waals surface area contributed by atoms with Gasteiger partial charge in [0.05, 0.1) is 18.9 Å². The maximum Gasteiger partial charge on any atom is 0.337 e. The standard InChI is InChI=1S/C14H24NO3PS/c1-3-17-19(16,18-4-2)10-14-15-13(11-20-14)12-8-6-5-7-9-12/h11-12H,3-10H2,1-2H3. The Labute approximate surface area is 125 Å². The van der Waals surface area contributed by atoms with Crippen molar-refractivity contribution in [3.05, 3.63) is 16.1 Å². The fourth-order valence-electron chi connectivity index (χ4n) is 2.67. The Morgan fingerprint density at radius 2 is 1.90 bits per heavy atom. The summed E-state index contributed by atoms with van der Waals surface area (Å²) in [7, 11) is -3.02. The van der Waals surface area contributed by atoms with E-state index in [0.717, 1.165) is 5.01 Å². The largest absolute Gasteiger partial charge is 0.337 e. The highest BCUT2D eigenvalue weighted by molar-refractivity contribution is 7.53. The lowest BCUT2D eigenvalue weighted by Gasteiger charge is -2.19. The highest BCUT2D eigenvalue weighted by Crippen LogP contribution is 2.51. The molecule has 0 aliphatic heterocycles. The van der Waals surface area contributed by atoms with Gasteiger partial charge in [-0.15, -0.1) is 11.3 Å². The number of aromatic nitrogens is 1. The van der Waals surface area contributed by atoms with Crippen LogP contribution in [-0.2, 0) is 19.8 Å². The van der Waals surface area contributed by atoms with E-state index in [0.29, 0.717) is 25.3 Å². The average molecular weight is 317 g/mol. The molecule has 2 rings (SSSR count). The van der Waals surface area contributed by atoms with Gasteiger partial charge < -0.3 is 9.05 Å². The first-order valence-electron chi connectivity index (χ1n) is 7.49. The van der Waals surface area contributed by atoms with Crippen molar-refractivity contribution in [3.63, 3.8) is 0 Å². The summed E-state index contributed by atoms with van der Waals surface area (Å²) in [4.78, 5) is 4.67. The SMILES string of the molecule is CCOP(=O)(Cc1nc(C2CCCCC2)cs1)OCC. The molecule has 6 heteroatoms. The van der Waals surface area contributed by atoms with Crippen LogP contribution < -0.4 is 0 Å². The van der Waals surface area contributed by atoms with Gasteiger partial charge in [-0.2, -0.15) is 0 Å². The summed E-state index contributed by atoms with van der Waals surface area (Å²) >= 11 is 1.58. The Hall–Kier alpha value is -0.220. The first-order valence-corrected chi connectivity index (χ1v) is 10.1. The highest BCUT2D eigenvalue weighted by atomic mass is 32.1. The van der Waals surface area contributed by atoms with Crippen molar-refractivity contribution in [3.8, 4) is 0 Å². The van der Waals surface area contributed by atoms with E-state index in [4.69, 9.17) is 9.05 Å². The lowest BCUT2D eigenvalue weighted by molar-refractivity contribution is 0.219. The third kappa shape index (κ3) is 4.39. The summed E-state index contributed by atoms with van der Waals surface area (Å²) in [5.41, 5.74) is 1.17. The third-order valence-corrected chi connectivity index (χ3v) is 6.64. The Kier molecular flexibility index (Phi) is 6.21. The van der Waals surface area contributed by atoms with E-state index in [1.54, 1.807) is 11.3 Å². The minimum absolute atomic E-state index is 0.298. The number of hydrogen-bond donors (Lipinski definition) is 0. The second-order valence-electron chi connectivity index (χ2n) is 5.11. The fraction of sp³-hybridized carbons (Fsp3) is 0.786. The molecule has 0 amide bonds. The second-order valence-corrected chi connectivity index (χ2v) is 8.10. The van der Waals surface area contributed by atoms with Gasteiger partial charge in [0.25, 0.3) is 0 Å². The summed E-state index contributed by atoms with van der Waals surface area (Å²) in [6.45, 7) is 4.47. The van der Waals surface area contributed by atoms with Crippen LogP contribution >= 0.6 is 18.9 Å². The van der Waals surface area contributed by atoms with Crippen LogP contribution in [0.1, 0.15) is 62.6 Å². The predicted octanol–water partition coefficient (Wildman–Crippen LogP) is 4.96. The molecule has 1 fully saturated rings. The van der Waals surface area contributed by atoms with Gasteiger partial charge >= 0.3 is 7.60 Å². The van der Waals surface area contributed by atoms with E-state index in [-0.39, 0.29) is 0 Å². The topological polar surface area (TPSA) is 48.4 Å². The Balaban J connectivity index is 2.02. The zero-order chi connectivity index (χ0) is 14.4. The Bertz CT molecular complexity index is 447. The van der Waals surface area contributed by atoms with Gasteiger partial charge in [-0.05, 0) is 26.7 Å². The normalized spacial score (nSPS) is 17.5. The molecule has 1 heterocycles. The molecular formula is C14H24NO3PS. The molecule has 1 aliphatic rings. The van der Waals surface area contributed by atoms with Gasteiger partial charge in [-0.25, -0.2) is 4.98 Å². The van der Waals surface area contributed by atoms with Crippen LogP contribution in [0.4, 0.5) is 0 Å². The van der Waals surface area contributed by atoms with Gasteiger partial charge in [0.2, 0.25) is 0 Å². The van der Waals surface area contributed by atoms with Crippen molar-refractivity contribution in [2.75, 3.05) is 13.2 Å². The Morgan fingerprint density at radius 3 is 2.50 bits per heavy atom. The summed E-state index contributed by atoms with van der Waals surface area (Å²) in [6.07, 6.45) is 6.71. The fourth-order valence-corrected chi connectivity index (χ4v) is 5.55. The smallest absolute Gasteiger partial charge is 0.309 e. The molecule has 1 aromatic heterocycles. The maximum atomic E-state index is 12.5. The monoisotopic (exact) mass is 317 g/mol. The molecule has 1 aromatic rings. The molecule has 0 N–H and O–H groups in total. The lowest BCUT2D eigenvalue weighted by Crippen LogP contribution is -2.05. The number of thiazole rings is 1. The number of nitrogens with zero attached hydrogens (tertiary/aromatic N) is 1. The zero-order valence-electron chi connectivity index (χ0n) is 12.3. The molecule has 0 aromatic carbocycles. The van der Waals surface area contributed by atoms with Crippen molar-refractivity contribution in [2.45, 2.75) is 58.0 Å². The van der Waals surface area contributed by atoms with Crippen molar-refractivity contribution in [2.24, 2.45) is 0 Å². The first kappa shape index (κ1) is 16.2. The molecule has 0 bridgehead atoms. The molecule has 0 radical (unpaired) electrons. The van der Waals surface area contributed by atoms with E-state index in [9.17, 15) is 4.57 Å². The van der Waals surface area contributed by atoms with Crippen LogP contribution in [0.2, 0.25) is 0 Å². The molecule has 0 saturated heterocycles. The highest BCUT2D eigenvalue weighted by Gasteiger charge is 2.27. The summed E-state index contributed by atoms with van der Waals surface area (Å²) in [5.74, 6) is 0.590. The minimum Gasteiger partial charge on any atom is -0.309 e. The van der Waals surface area contributed by atoms with Crippen LogP contribution in [0.3, 0.4) is 0 Å². The van der Waals surface area contributed by atoms with Crippen molar-refractivity contribution >= 4 is 18.9 Å². The number of hydrogen-bond acceptors (Lipinski definition) is 5. The molecule has 0 atom stereocenters. The summed E-state index contributed by atoms with van der Waals surface area (Å²) in [5, 5.41) is 2.99. The van der Waals surface area contributed by atoms with Gasteiger partial charge in [0.1, 0.15) is 11.2 Å². The van der Waals surface area contributed by atoms with Crippen LogP contribution in [0.5, 0.6) is 0 Å². The molecule has 1 saturated carbocycles. The quantitative estimate of drug-likeness (QED) is 0.667. The van der Waals surface area contributed by atoms with Gasteiger partial charge in [0, 0.05) is 11.3 Å². The lowest BCUT2D eigenvalue weighted by atomic mass is 9.87. The van der Waals surface area contributed by atoms with E-state index in [2.05, 4.69) is 10.4 Å². The van der Waals surface area contributed by atoms with Crippen molar-refractivity contribution in [1.82, 2.24) is 4.98 Å². The molecule has 4 nitrogen and oxygen atoms in total. The molecule has 114 valence electrons. The van der Waals surface area contributed by atoms with Gasteiger partial charge in [0.15, 0.2) is 0 Å². The van der Waals surface area contributed by atoms with Crippen LogP contribution in [0.15, 0.2) is 5.38 Å². The molecule has 0 spiro atoms. The Morgan fingerprint density at radius 1 is 1.25 bits per heavy atom. The molecule has 1 aliphatic carbocycles.